The standard InChI is InChI=1S/C23H27Cl2N7O10P2S2/c24-12-3-14-15(4-13(12)25)31(9-29-14)17-2-1-10(41-17)5-39-44(37,46)40-6-11-19(33)16(7-38-43(35,36)45)42-22(11)32-21-18(30-23(32)34)20(26)27-8-28-21/h3-4,8-11,16-17,19,22,33H,1-2,5-7H2,(H,30,34)(H,37,46)(H2,26,27,28)(H2,35,36,45)/t10-,11?,16+,17+,19-,22+,44?/m0/s1. The molecule has 2 aliphatic heterocycles. The fraction of sp³-hybridized carbons (Fsp3) is 0.478. The van der Waals surface area contributed by atoms with Crippen molar-refractivity contribution in [3.63, 3.8) is 0 Å². The molecule has 0 bridgehead atoms. The van der Waals surface area contributed by atoms with Gasteiger partial charge in [-0.3, -0.25) is 4.52 Å². The highest BCUT2D eigenvalue weighted by molar-refractivity contribution is 8.44. The Kier molecular flexibility index (Phi) is 9.91. The van der Waals surface area contributed by atoms with E-state index in [0.29, 0.717) is 28.4 Å². The van der Waals surface area contributed by atoms with Crippen molar-refractivity contribution in [2.45, 2.75) is 43.6 Å². The number of benzene rings is 1. The minimum Gasteiger partial charge on any atom is -0.390 e. The Morgan fingerprint density at radius 2 is 1.85 bits per heavy atom. The number of rotatable bonds is 11. The molecule has 5 heterocycles. The molecule has 0 saturated carbocycles. The number of ether oxygens (including phenoxy) is 2. The van der Waals surface area contributed by atoms with Crippen molar-refractivity contribution in [3.05, 3.63) is 45.3 Å². The number of nitrogens with one attached hydrogen (secondary N) is 1. The third kappa shape index (κ3) is 7.18. The van der Waals surface area contributed by atoms with Crippen LogP contribution in [0.5, 0.6) is 0 Å². The summed E-state index contributed by atoms with van der Waals surface area (Å²) in [5, 5.41) is 11.9. The minimum absolute atomic E-state index is 0.00705. The van der Waals surface area contributed by atoms with Gasteiger partial charge in [0.1, 0.15) is 30.4 Å². The Bertz CT molecular complexity index is 1920. The average Bonchev–Trinajstić information content (AvgIpc) is 3.75. The number of nitrogens with two attached hydrogens (primary N) is 1. The molecular weight excluding hydrogens is 731 g/mol. The van der Waals surface area contributed by atoms with Crippen molar-refractivity contribution in [2.24, 2.45) is 5.92 Å². The highest BCUT2D eigenvalue weighted by atomic mass is 35.5. The molecule has 6 rings (SSSR count). The summed E-state index contributed by atoms with van der Waals surface area (Å²) in [6, 6.07) is 3.37. The molecule has 17 nitrogen and oxygen atoms in total. The van der Waals surface area contributed by atoms with Gasteiger partial charge in [-0.05, 0) is 36.8 Å². The molecule has 250 valence electrons. The Labute approximate surface area is 279 Å². The van der Waals surface area contributed by atoms with Gasteiger partial charge in [0.25, 0.3) is 0 Å². The molecule has 2 fully saturated rings. The first-order chi connectivity index (χ1) is 21.7. The van der Waals surface area contributed by atoms with Gasteiger partial charge < -0.3 is 48.7 Å². The zero-order valence-electron chi connectivity index (χ0n) is 23.3. The summed E-state index contributed by atoms with van der Waals surface area (Å²) in [5.41, 5.74) is 6.75. The number of aromatic amines is 1. The third-order valence-corrected chi connectivity index (χ3v) is 10.7. The summed E-state index contributed by atoms with van der Waals surface area (Å²) in [6.45, 7) is -9.30. The maximum atomic E-state index is 13.2. The normalized spacial score (nSPS) is 26.7. The van der Waals surface area contributed by atoms with E-state index >= 15 is 0 Å². The van der Waals surface area contributed by atoms with Crippen molar-refractivity contribution in [1.29, 1.82) is 0 Å². The largest absolute Gasteiger partial charge is 0.390 e. The number of halogens is 2. The van der Waals surface area contributed by atoms with Gasteiger partial charge in [0.15, 0.2) is 11.5 Å². The Morgan fingerprint density at radius 3 is 2.61 bits per heavy atom. The number of aliphatic hydroxyl groups is 1. The molecule has 4 aromatic rings. The second kappa shape index (κ2) is 13.3. The lowest BCUT2D eigenvalue weighted by Crippen LogP contribution is -2.34. The van der Waals surface area contributed by atoms with E-state index in [0.717, 1.165) is 16.4 Å². The van der Waals surface area contributed by atoms with Gasteiger partial charge >= 0.3 is 19.2 Å². The molecule has 2 aliphatic rings. The van der Waals surface area contributed by atoms with Crippen LogP contribution in [0.15, 0.2) is 29.6 Å². The maximum absolute atomic E-state index is 13.2. The zero-order chi connectivity index (χ0) is 33.0. The maximum Gasteiger partial charge on any atom is 0.386 e. The molecule has 0 aliphatic carbocycles. The minimum atomic E-state index is -4.10. The van der Waals surface area contributed by atoms with Crippen molar-refractivity contribution >= 4 is 88.8 Å². The van der Waals surface area contributed by atoms with Gasteiger partial charge in [0.05, 0.1) is 65.4 Å². The van der Waals surface area contributed by atoms with Crippen LogP contribution in [0.25, 0.3) is 22.2 Å². The van der Waals surface area contributed by atoms with E-state index in [2.05, 4.69) is 44.0 Å². The van der Waals surface area contributed by atoms with Crippen LogP contribution in [0.3, 0.4) is 0 Å². The number of anilines is 1. The summed E-state index contributed by atoms with van der Waals surface area (Å²) >= 11 is 20.9. The number of aromatic nitrogens is 6. The lowest BCUT2D eigenvalue weighted by atomic mass is 10.0. The lowest BCUT2D eigenvalue weighted by molar-refractivity contribution is -0.0444. The molecule has 23 heteroatoms. The molecule has 7 atom stereocenters. The number of hydrogen-bond donors (Lipinski definition) is 6. The lowest BCUT2D eigenvalue weighted by Gasteiger charge is -2.23. The summed E-state index contributed by atoms with van der Waals surface area (Å²) in [7, 11) is 0. The summed E-state index contributed by atoms with van der Waals surface area (Å²) < 4.78 is 44.1. The average molecular weight is 758 g/mol. The SMILES string of the molecule is Nc1ncnc2c1[nH]c(=O)n2[C@@H]1O[C@H](COP(O)(O)=S)[C@@H](O)C1COP(=O)(S)OC[C@@H]1CC[C@H](n2cnc3cc(Cl)c(Cl)cc32)O1. The van der Waals surface area contributed by atoms with Crippen molar-refractivity contribution < 1.29 is 42.5 Å². The molecule has 0 radical (unpaired) electrons. The van der Waals surface area contributed by atoms with Gasteiger partial charge in [-0.25, -0.2) is 28.9 Å². The van der Waals surface area contributed by atoms with Crippen LogP contribution < -0.4 is 11.4 Å². The van der Waals surface area contributed by atoms with E-state index in [1.165, 1.54) is 0 Å². The fourth-order valence-electron chi connectivity index (χ4n) is 5.40. The van der Waals surface area contributed by atoms with E-state index < -0.39 is 62.9 Å². The Balaban J connectivity index is 1.13. The van der Waals surface area contributed by atoms with Crippen LogP contribution in [0.1, 0.15) is 25.3 Å². The molecule has 6 N–H and O–H groups in total. The predicted octanol–water partition coefficient (Wildman–Crippen LogP) is 2.91. The predicted molar refractivity (Wildman–Crippen MR) is 172 cm³/mol. The van der Waals surface area contributed by atoms with Gasteiger partial charge in [-0.2, -0.15) is 0 Å². The number of fused-ring (bicyclic) bond motifs is 2. The number of thiol groups is 1. The fourth-order valence-corrected chi connectivity index (χ4v) is 7.43. The summed E-state index contributed by atoms with van der Waals surface area (Å²) in [6.07, 6.45) is -0.812. The monoisotopic (exact) mass is 757 g/mol. The first-order valence-electron chi connectivity index (χ1n) is 13.5. The number of imidazole rings is 2. The molecular formula is C23H27Cl2N7O10P2S2. The van der Waals surface area contributed by atoms with E-state index in [9.17, 15) is 24.3 Å². The highest BCUT2D eigenvalue weighted by Gasteiger charge is 2.47. The van der Waals surface area contributed by atoms with Gasteiger partial charge in [-0.1, -0.05) is 35.5 Å². The number of hydrogen-bond acceptors (Lipinski definition) is 13. The van der Waals surface area contributed by atoms with Gasteiger partial charge in [-0.15, -0.1) is 0 Å². The van der Waals surface area contributed by atoms with Crippen LogP contribution >= 0.6 is 49.0 Å². The summed E-state index contributed by atoms with van der Waals surface area (Å²) in [5.74, 6) is -1.09. The molecule has 0 amide bonds. The second-order valence-corrected chi connectivity index (χ2v) is 16.9. The topological polar surface area (TPSA) is 231 Å². The molecule has 2 unspecified atom stereocenters. The van der Waals surface area contributed by atoms with E-state index in [-0.39, 0.29) is 29.8 Å². The first kappa shape index (κ1) is 34.2. The van der Waals surface area contributed by atoms with Crippen LogP contribution in [-0.4, -0.2) is 82.1 Å². The van der Waals surface area contributed by atoms with E-state index in [4.69, 9.17) is 52.0 Å². The Morgan fingerprint density at radius 1 is 1.11 bits per heavy atom. The molecule has 0 spiro atoms. The zero-order valence-corrected chi connectivity index (χ0v) is 28.3. The number of nitrogens with zero attached hydrogens (tertiary/aromatic N) is 5. The Hall–Kier alpha value is -1.67. The third-order valence-electron chi connectivity index (χ3n) is 7.56. The van der Waals surface area contributed by atoms with Crippen LogP contribution in [0.2, 0.25) is 10.0 Å². The first-order valence-corrected chi connectivity index (χ1v) is 19.6. The van der Waals surface area contributed by atoms with E-state index in [1.54, 1.807) is 18.5 Å². The van der Waals surface area contributed by atoms with Crippen molar-refractivity contribution in [3.8, 4) is 0 Å². The number of nitrogen functional groups attached to an aromatic ring is 1. The second-order valence-electron chi connectivity index (χ2n) is 10.5. The highest BCUT2D eigenvalue weighted by Crippen LogP contribution is 2.55. The quantitative estimate of drug-likeness (QED) is 0.0954. The smallest absolute Gasteiger partial charge is 0.386 e. The van der Waals surface area contributed by atoms with Crippen LogP contribution in [0, 0.1) is 5.92 Å². The van der Waals surface area contributed by atoms with Crippen LogP contribution in [-0.2, 0) is 39.4 Å². The van der Waals surface area contributed by atoms with Crippen molar-refractivity contribution in [1.82, 2.24) is 29.1 Å². The number of H-pyrrole nitrogens is 1. The molecule has 3 aromatic heterocycles. The molecule has 1 aromatic carbocycles. The van der Waals surface area contributed by atoms with E-state index in [1.807, 2.05) is 4.57 Å². The van der Waals surface area contributed by atoms with Crippen LogP contribution in [0.4, 0.5) is 5.82 Å². The summed E-state index contributed by atoms with van der Waals surface area (Å²) in [4.78, 5) is 46.8. The molecule has 2 saturated heterocycles. The van der Waals surface area contributed by atoms with Gasteiger partial charge in [0, 0.05) is 0 Å². The number of aliphatic hydroxyl groups excluding tert-OH is 1. The van der Waals surface area contributed by atoms with Crippen molar-refractivity contribution in [2.75, 3.05) is 25.6 Å². The van der Waals surface area contributed by atoms with Gasteiger partial charge in [0.2, 0.25) is 0 Å². The molecule has 46 heavy (non-hydrogen) atoms.